The largest absolute Gasteiger partial charge is 0.448 e. The molecule has 1 aromatic carbocycles. The maximum absolute atomic E-state index is 12.4. The van der Waals surface area contributed by atoms with E-state index in [1.54, 1.807) is 12.1 Å². The first-order valence-electron chi connectivity index (χ1n) is 8.86. The summed E-state index contributed by atoms with van der Waals surface area (Å²) in [6.45, 7) is 3.74. The molecular weight excluding hydrogens is 364 g/mol. The molecule has 0 bridgehead atoms. The minimum Gasteiger partial charge on any atom is -0.448 e. The molecule has 0 saturated carbocycles. The number of rotatable bonds is 5. The second kappa shape index (κ2) is 7.92. The summed E-state index contributed by atoms with van der Waals surface area (Å²) in [7, 11) is 0. The standard InChI is InChI=1S/C20H22N2O4S/c1-11-3-8-16-14(9-11)10-17(27-16)20(25)26-12(2)19(24)22-15-6-4-13(5-7-15)18(21)23/h4-7,10-12H,3,8-9H2,1-2H3,(H2,21,23)(H,22,24)/t11-,12+/m1/s1. The highest BCUT2D eigenvalue weighted by Gasteiger charge is 2.24. The van der Waals surface area contributed by atoms with E-state index in [-0.39, 0.29) is 0 Å². The molecule has 0 fully saturated rings. The van der Waals surface area contributed by atoms with Crippen LogP contribution in [-0.2, 0) is 22.4 Å². The normalized spacial score (nSPS) is 16.9. The van der Waals surface area contributed by atoms with E-state index in [0.29, 0.717) is 22.0 Å². The van der Waals surface area contributed by atoms with Gasteiger partial charge in [-0.2, -0.15) is 0 Å². The molecule has 2 amide bonds. The number of carbonyl (C=O) groups excluding carboxylic acids is 3. The lowest BCUT2D eigenvalue weighted by Crippen LogP contribution is -2.29. The molecule has 3 rings (SSSR count). The Balaban J connectivity index is 1.59. The van der Waals surface area contributed by atoms with Crippen molar-refractivity contribution in [3.8, 4) is 0 Å². The number of hydrogen-bond acceptors (Lipinski definition) is 5. The predicted octanol–water partition coefficient (Wildman–Crippen LogP) is 3.16. The Labute approximate surface area is 161 Å². The van der Waals surface area contributed by atoms with Crippen molar-refractivity contribution in [1.82, 2.24) is 0 Å². The topological polar surface area (TPSA) is 98.5 Å². The number of primary amides is 1. The summed E-state index contributed by atoms with van der Waals surface area (Å²) in [5.41, 5.74) is 7.25. The van der Waals surface area contributed by atoms with E-state index in [2.05, 4.69) is 12.2 Å². The molecule has 0 spiro atoms. The summed E-state index contributed by atoms with van der Waals surface area (Å²) in [5.74, 6) is -0.830. The van der Waals surface area contributed by atoms with E-state index in [4.69, 9.17) is 10.5 Å². The van der Waals surface area contributed by atoms with E-state index in [1.807, 2.05) is 6.07 Å². The van der Waals surface area contributed by atoms with Crippen LogP contribution >= 0.6 is 11.3 Å². The van der Waals surface area contributed by atoms with Crippen LogP contribution < -0.4 is 11.1 Å². The summed E-state index contributed by atoms with van der Waals surface area (Å²) >= 11 is 1.46. The number of nitrogens with one attached hydrogen (secondary N) is 1. The van der Waals surface area contributed by atoms with Crippen molar-refractivity contribution in [3.63, 3.8) is 0 Å². The Bertz CT molecular complexity index is 873. The maximum Gasteiger partial charge on any atom is 0.349 e. The van der Waals surface area contributed by atoms with Crippen molar-refractivity contribution in [3.05, 3.63) is 51.2 Å². The lowest BCUT2D eigenvalue weighted by Gasteiger charge is -2.16. The van der Waals surface area contributed by atoms with Crippen LogP contribution in [0, 0.1) is 5.92 Å². The number of anilines is 1. The van der Waals surface area contributed by atoms with Crippen LogP contribution in [0.4, 0.5) is 5.69 Å². The average Bonchev–Trinajstić information content (AvgIpc) is 3.05. The van der Waals surface area contributed by atoms with Gasteiger partial charge in [-0.05, 0) is 68.0 Å². The zero-order valence-electron chi connectivity index (χ0n) is 15.3. The number of amides is 2. The molecule has 2 aromatic rings. The zero-order chi connectivity index (χ0) is 19.6. The van der Waals surface area contributed by atoms with Crippen molar-refractivity contribution in [2.24, 2.45) is 11.7 Å². The number of hydrogen-bond donors (Lipinski definition) is 2. The fourth-order valence-electron chi connectivity index (χ4n) is 3.04. The Morgan fingerprint density at radius 3 is 2.63 bits per heavy atom. The van der Waals surface area contributed by atoms with Crippen LogP contribution in [0.3, 0.4) is 0 Å². The molecule has 1 aliphatic rings. The number of aryl methyl sites for hydroxylation is 1. The molecule has 0 radical (unpaired) electrons. The van der Waals surface area contributed by atoms with Crippen molar-refractivity contribution >= 4 is 34.8 Å². The fraction of sp³-hybridized carbons (Fsp3) is 0.350. The molecule has 7 heteroatoms. The van der Waals surface area contributed by atoms with Crippen molar-refractivity contribution < 1.29 is 19.1 Å². The molecule has 0 aliphatic heterocycles. The predicted molar refractivity (Wildman–Crippen MR) is 104 cm³/mol. The van der Waals surface area contributed by atoms with Gasteiger partial charge in [0, 0.05) is 16.1 Å². The average molecular weight is 386 g/mol. The van der Waals surface area contributed by atoms with Crippen LogP contribution in [0.15, 0.2) is 30.3 Å². The van der Waals surface area contributed by atoms with Gasteiger partial charge in [-0.3, -0.25) is 9.59 Å². The Hall–Kier alpha value is -2.67. The summed E-state index contributed by atoms with van der Waals surface area (Å²) in [6.07, 6.45) is 2.17. The fourth-order valence-corrected chi connectivity index (χ4v) is 4.13. The van der Waals surface area contributed by atoms with Crippen molar-refractivity contribution in [1.29, 1.82) is 0 Å². The first kappa shape index (κ1) is 19.1. The molecule has 0 unspecified atom stereocenters. The van der Waals surface area contributed by atoms with E-state index >= 15 is 0 Å². The number of esters is 1. The smallest absolute Gasteiger partial charge is 0.349 e. The van der Waals surface area contributed by atoms with E-state index in [0.717, 1.165) is 19.3 Å². The number of carbonyl (C=O) groups is 3. The quantitative estimate of drug-likeness (QED) is 0.771. The number of benzene rings is 1. The van der Waals surface area contributed by atoms with Gasteiger partial charge in [0.25, 0.3) is 5.91 Å². The highest BCUT2D eigenvalue weighted by molar-refractivity contribution is 7.14. The van der Waals surface area contributed by atoms with E-state index < -0.39 is 23.9 Å². The second-order valence-electron chi connectivity index (χ2n) is 6.89. The second-order valence-corrected chi connectivity index (χ2v) is 8.02. The van der Waals surface area contributed by atoms with Gasteiger partial charge < -0.3 is 15.8 Å². The monoisotopic (exact) mass is 386 g/mol. The van der Waals surface area contributed by atoms with Crippen LogP contribution in [0.1, 0.15) is 50.7 Å². The Morgan fingerprint density at radius 1 is 1.26 bits per heavy atom. The maximum atomic E-state index is 12.4. The molecule has 1 heterocycles. The van der Waals surface area contributed by atoms with E-state index in [1.165, 1.54) is 40.8 Å². The van der Waals surface area contributed by atoms with Gasteiger partial charge in [0.05, 0.1) is 0 Å². The van der Waals surface area contributed by atoms with Gasteiger partial charge in [0.2, 0.25) is 5.91 Å². The summed E-state index contributed by atoms with van der Waals surface area (Å²) < 4.78 is 5.32. The first-order valence-corrected chi connectivity index (χ1v) is 9.68. The van der Waals surface area contributed by atoms with Crippen LogP contribution in [0.2, 0.25) is 0 Å². The lowest BCUT2D eigenvalue weighted by atomic mass is 9.90. The molecule has 27 heavy (non-hydrogen) atoms. The Kier molecular flexibility index (Phi) is 5.60. The van der Waals surface area contributed by atoms with E-state index in [9.17, 15) is 14.4 Å². The number of fused-ring (bicyclic) bond motifs is 1. The minimum absolute atomic E-state index is 0.350. The number of nitrogens with two attached hydrogens (primary N) is 1. The SMILES string of the molecule is C[C@@H]1CCc2sc(C(=O)O[C@@H](C)C(=O)Nc3ccc(C(N)=O)cc3)cc2C1. The molecule has 3 N–H and O–H groups in total. The van der Waals surface area contributed by atoms with Crippen LogP contribution in [-0.4, -0.2) is 23.9 Å². The number of ether oxygens (including phenoxy) is 1. The summed E-state index contributed by atoms with van der Waals surface area (Å²) in [4.78, 5) is 37.5. The number of thiophene rings is 1. The zero-order valence-corrected chi connectivity index (χ0v) is 16.1. The molecular formula is C20H22N2O4S. The summed E-state index contributed by atoms with van der Waals surface area (Å²) in [5, 5.41) is 2.65. The van der Waals surface area contributed by atoms with Gasteiger partial charge in [-0.1, -0.05) is 6.92 Å². The van der Waals surface area contributed by atoms with Gasteiger partial charge in [0.1, 0.15) is 4.88 Å². The molecule has 6 nitrogen and oxygen atoms in total. The Morgan fingerprint density at radius 2 is 1.96 bits per heavy atom. The summed E-state index contributed by atoms with van der Waals surface area (Å²) in [6, 6.07) is 8.07. The van der Waals surface area contributed by atoms with Gasteiger partial charge in [-0.15, -0.1) is 11.3 Å². The minimum atomic E-state index is -0.939. The van der Waals surface area contributed by atoms with Gasteiger partial charge in [-0.25, -0.2) is 4.79 Å². The van der Waals surface area contributed by atoms with Crippen molar-refractivity contribution in [2.75, 3.05) is 5.32 Å². The molecule has 0 saturated heterocycles. The molecule has 142 valence electrons. The highest BCUT2D eigenvalue weighted by Crippen LogP contribution is 2.32. The van der Waals surface area contributed by atoms with Gasteiger partial charge in [0.15, 0.2) is 6.10 Å². The molecule has 2 atom stereocenters. The third-order valence-electron chi connectivity index (χ3n) is 4.62. The third kappa shape index (κ3) is 4.54. The van der Waals surface area contributed by atoms with Crippen molar-refractivity contribution in [2.45, 2.75) is 39.2 Å². The van der Waals surface area contributed by atoms with Crippen LogP contribution in [0.5, 0.6) is 0 Å². The molecule has 1 aromatic heterocycles. The third-order valence-corrected chi connectivity index (χ3v) is 5.84. The van der Waals surface area contributed by atoms with Gasteiger partial charge >= 0.3 is 5.97 Å². The van der Waals surface area contributed by atoms with Crippen LogP contribution in [0.25, 0.3) is 0 Å². The lowest BCUT2D eigenvalue weighted by molar-refractivity contribution is -0.123. The molecule has 1 aliphatic carbocycles. The first-order chi connectivity index (χ1) is 12.8. The highest BCUT2D eigenvalue weighted by atomic mass is 32.1.